The van der Waals surface area contributed by atoms with Crippen LogP contribution in [0.2, 0.25) is 0 Å². The third kappa shape index (κ3) is 5.34. The number of carbonyl (C=O) groups excluding carboxylic acids is 2. The molecule has 0 fully saturated rings. The van der Waals surface area contributed by atoms with Gasteiger partial charge < -0.3 is 14.5 Å². The monoisotopic (exact) mass is 460 g/mol. The fourth-order valence-corrected chi connectivity index (χ4v) is 5.00. The van der Waals surface area contributed by atoms with Crippen molar-refractivity contribution in [1.82, 2.24) is 9.80 Å². The summed E-state index contributed by atoms with van der Waals surface area (Å²) in [7, 11) is 0. The van der Waals surface area contributed by atoms with Crippen molar-refractivity contribution in [3.8, 4) is 5.75 Å². The van der Waals surface area contributed by atoms with Gasteiger partial charge in [0.1, 0.15) is 18.9 Å². The number of rotatable bonds is 8. The lowest BCUT2D eigenvalue weighted by molar-refractivity contribution is -0.135. The predicted molar refractivity (Wildman–Crippen MR) is 132 cm³/mol. The van der Waals surface area contributed by atoms with Crippen LogP contribution < -0.4 is 4.74 Å². The summed E-state index contributed by atoms with van der Waals surface area (Å²) in [4.78, 5) is 31.2. The van der Waals surface area contributed by atoms with Gasteiger partial charge in [-0.05, 0) is 54.6 Å². The molecule has 1 aliphatic rings. The Morgan fingerprint density at radius 1 is 1.15 bits per heavy atom. The summed E-state index contributed by atoms with van der Waals surface area (Å²) in [5, 5.41) is 2.07. The van der Waals surface area contributed by atoms with E-state index in [-0.39, 0.29) is 24.4 Å². The van der Waals surface area contributed by atoms with Crippen molar-refractivity contribution in [1.29, 1.82) is 0 Å². The first-order valence-corrected chi connectivity index (χ1v) is 11.9. The van der Waals surface area contributed by atoms with Crippen molar-refractivity contribution >= 4 is 23.2 Å². The number of hydrogen-bond acceptors (Lipinski definition) is 4. The molecule has 5 nitrogen and oxygen atoms in total. The molecule has 3 aromatic rings. The number of nitrogens with zero attached hydrogens (tertiary/aromatic N) is 2. The summed E-state index contributed by atoms with van der Waals surface area (Å²) in [6.07, 6.45) is 2.47. The van der Waals surface area contributed by atoms with Gasteiger partial charge in [-0.3, -0.25) is 9.59 Å². The van der Waals surface area contributed by atoms with Crippen molar-refractivity contribution < 1.29 is 14.3 Å². The lowest BCUT2D eigenvalue weighted by atomic mass is 10.0. The first-order valence-electron chi connectivity index (χ1n) is 11.1. The highest BCUT2D eigenvalue weighted by atomic mass is 32.1. The Balaban J connectivity index is 1.51. The van der Waals surface area contributed by atoms with E-state index in [2.05, 4.69) is 18.0 Å². The molecule has 1 aromatic heterocycles. The number of thiophene rings is 1. The van der Waals surface area contributed by atoms with Gasteiger partial charge in [0.2, 0.25) is 5.91 Å². The van der Waals surface area contributed by atoms with Gasteiger partial charge in [-0.15, -0.1) is 17.9 Å². The third-order valence-corrected chi connectivity index (χ3v) is 6.82. The number of ether oxygens (including phenoxy) is 1. The normalized spacial score (nSPS) is 14.9. The molecule has 1 unspecified atom stereocenters. The molecule has 2 aromatic carbocycles. The van der Waals surface area contributed by atoms with Crippen molar-refractivity contribution in [2.75, 3.05) is 26.2 Å². The van der Waals surface area contributed by atoms with Crippen molar-refractivity contribution in [2.24, 2.45) is 0 Å². The van der Waals surface area contributed by atoms with Gasteiger partial charge in [0.25, 0.3) is 5.91 Å². The van der Waals surface area contributed by atoms with Crippen LogP contribution in [0.5, 0.6) is 5.75 Å². The Hall–Kier alpha value is -3.38. The van der Waals surface area contributed by atoms with Crippen LogP contribution in [0.3, 0.4) is 0 Å². The summed E-state index contributed by atoms with van der Waals surface area (Å²) in [5.74, 6) is 0.517. The largest absolute Gasteiger partial charge is 0.491 e. The molecule has 1 aliphatic heterocycles. The smallest absolute Gasteiger partial charge is 0.254 e. The number of fused-ring (bicyclic) bond motifs is 1. The molecule has 0 saturated heterocycles. The zero-order valence-electron chi connectivity index (χ0n) is 18.8. The van der Waals surface area contributed by atoms with E-state index in [0.29, 0.717) is 25.3 Å². The molecular formula is C27H28N2O3S. The zero-order valence-corrected chi connectivity index (χ0v) is 19.6. The zero-order chi connectivity index (χ0) is 23.2. The molecule has 33 heavy (non-hydrogen) atoms. The van der Waals surface area contributed by atoms with Crippen LogP contribution in [0.15, 0.2) is 78.7 Å². The van der Waals surface area contributed by atoms with Crippen LogP contribution in [-0.2, 0) is 11.2 Å². The number of carbonyl (C=O) groups is 2. The molecule has 4 rings (SSSR count). The summed E-state index contributed by atoms with van der Waals surface area (Å²) in [6, 6.07) is 18.8. The molecular weight excluding hydrogens is 432 g/mol. The number of amides is 2. The van der Waals surface area contributed by atoms with Crippen LogP contribution in [0, 0.1) is 6.92 Å². The maximum atomic E-state index is 13.5. The highest BCUT2D eigenvalue weighted by molar-refractivity contribution is 7.10. The van der Waals surface area contributed by atoms with Crippen LogP contribution in [-0.4, -0.2) is 47.9 Å². The molecule has 2 heterocycles. The second kappa shape index (κ2) is 10.5. The number of hydrogen-bond donors (Lipinski definition) is 0. The van der Waals surface area contributed by atoms with E-state index in [4.69, 9.17) is 4.74 Å². The molecule has 6 heteroatoms. The number of aryl methyl sites for hydroxylation is 1. The lowest BCUT2D eigenvalue weighted by Crippen LogP contribution is -2.47. The first kappa shape index (κ1) is 22.8. The molecule has 0 aliphatic carbocycles. The fourth-order valence-electron chi connectivity index (χ4n) is 4.08. The molecule has 170 valence electrons. The molecule has 0 saturated carbocycles. The molecule has 0 bridgehead atoms. The van der Waals surface area contributed by atoms with Gasteiger partial charge in [0, 0.05) is 23.5 Å². The van der Waals surface area contributed by atoms with E-state index in [9.17, 15) is 9.59 Å². The van der Waals surface area contributed by atoms with E-state index < -0.39 is 0 Å². The average Bonchev–Trinajstić information content (AvgIpc) is 3.32. The Labute approximate surface area is 198 Å². The summed E-state index contributed by atoms with van der Waals surface area (Å²) < 4.78 is 6.09. The summed E-state index contributed by atoms with van der Waals surface area (Å²) in [6.45, 7) is 7.08. The molecule has 1 atom stereocenters. The van der Waals surface area contributed by atoms with Gasteiger partial charge >= 0.3 is 0 Å². The van der Waals surface area contributed by atoms with Crippen LogP contribution >= 0.6 is 11.3 Å². The Bertz CT molecular complexity index is 1110. The maximum Gasteiger partial charge on any atom is 0.254 e. The second-order valence-electron chi connectivity index (χ2n) is 8.12. The SMILES string of the molecule is C=CCN(CC(=O)N1CCc2sccc2C1COc1ccc(C)cc1)C(=O)c1ccccc1. The van der Waals surface area contributed by atoms with Crippen LogP contribution in [0.1, 0.15) is 32.4 Å². The quantitative estimate of drug-likeness (QED) is 0.450. The molecule has 0 radical (unpaired) electrons. The Morgan fingerprint density at radius 2 is 1.91 bits per heavy atom. The van der Waals surface area contributed by atoms with Gasteiger partial charge in [-0.1, -0.05) is 42.0 Å². The molecule has 0 spiro atoms. The summed E-state index contributed by atoms with van der Waals surface area (Å²) in [5.41, 5.74) is 2.86. The third-order valence-electron chi connectivity index (χ3n) is 5.83. The first-order chi connectivity index (χ1) is 16.1. The minimum absolute atomic E-state index is 0.000248. The highest BCUT2D eigenvalue weighted by Crippen LogP contribution is 2.34. The lowest BCUT2D eigenvalue weighted by Gasteiger charge is -2.37. The standard InChI is InChI=1S/C27H28N2O3S/c1-3-15-28(27(31)21-7-5-4-6-8-21)18-26(30)29-16-13-25-23(14-17-33-25)24(29)19-32-22-11-9-20(2)10-12-22/h3-12,14,17,24H,1,13,15-16,18-19H2,2H3. The van der Waals surface area contributed by atoms with Gasteiger partial charge in [0.05, 0.1) is 6.04 Å². The topological polar surface area (TPSA) is 49.9 Å². The van der Waals surface area contributed by atoms with Gasteiger partial charge in [-0.2, -0.15) is 0 Å². The van der Waals surface area contributed by atoms with E-state index in [1.165, 1.54) is 10.4 Å². The second-order valence-corrected chi connectivity index (χ2v) is 9.12. The fraction of sp³-hybridized carbons (Fsp3) is 0.259. The minimum atomic E-state index is -0.189. The van der Waals surface area contributed by atoms with E-state index in [0.717, 1.165) is 17.7 Å². The van der Waals surface area contributed by atoms with Crippen LogP contribution in [0.4, 0.5) is 0 Å². The Morgan fingerprint density at radius 3 is 2.64 bits per heavy atom. The van der Waals surface area contributed by atoms with Crippen LogP contribution in [0.25, 0.3) is 0 Å². The maximum absolute atomic E-state index is 13.5. The van der Waals surface area contributed by atoms with Gasteiger partial charge in [0.15, 0.2) is 0 Å². The van der Waals surface area contributed by atoms with E-state index in [1.54, 1.807) is 34.4 Å². The Kier molecular flexibility index (Phi) is 7.25. The van der Waals surface area contributed by atoms with Crippen molar-refractivity contribution in [3.63, 3.8) is 0 Å². The molecule has 0 N–H and O–H groups in total. The average molecular weight is 461 g/mol. The van der Waals surface area contributed by atoms with E-state index >= 15 is 0 Å². The van der Waals surface area contributed by atoms with Crippen molar-refractivity contribution in [3.05, 3.63) is 100 Å². The number of benzene rings is 2. The van der Waals surface area contributed by atoms with Gasteiger partial charge in [-0.25, -0.2) is 0 Å². The van der Waals surface area contributed by atoms with Crippen molar-refractivity contribution in [2.45, 2.75) is 19.4 Å². The molecule has 2 amide bonds. The minimum Gasteiger partial charge on any atom is -0.491 e. The highest BCUT2D eigenvalue weighted by Gasteiger charge is 2.33. The van der Waals surface area contributed by atoms with E-state index in [1.807, 2.05) is 54.3 Å². The summed E-state index contributed by atoms with van der Waals surface area (Å²) >= 11 is 1.72. The predicted octanol–water partition coefficient (Wildman–Crippen LogP) is 4.89.